The summed E-state index contributed by atoms with van der Waals surface area (Å²) in [7, 11) is 1.72. The first-order valence-corrected chi connectivity index (χ1v) is 7.25. The van der Waals surface area contributed by atoms with Crippen LogP contribution in [-0.2, 0) is 0 Å². The number of aromatic nitrogens is 1. The highest BCUT2D eigenvalue weighted by molar-refractivity contribution is 6.32. The van der Waals surface area contributed by atoms with E-state index in [0.717, 1.165) is 0 Å². The van der Waals surface area contributed by atoms with E-state index < -0.39 is 0 Å². The fourth-order valence-electron chi connectivity index (χ4n) is 1.81. The molecule has 2 rings (SSSR count). The van der Waals surface area contributed by atoms with Gasteiger partial charge >= 0.3 is 0 Å². The van der Waals surface area contributed by atoms with Crippen LogP contribution in [0.4, 0.5) is 0 Å². The molecule has 2 N–H and O–H groups in total. The van der Waals surface area contributed by atoms with E-state index in [1.54, 1.807) is 54.7 Å². The zero-order valence-corrected chi connectivity index (χ0v) is 13.2. The van der Waals surface area contributed by atoms with Crippen molar-refractivity contribution in [3.05, 3.63) is 53.3 Å². The van der Waals surface area contributed by atoms with Crippen molar-refractivity contribution in [1.82, 2.24) is 9.88 Å². The summed E-state index contributed by atoms with van der Waals surface area (Å²) in [5.41, 5.74) is 6.08. The van der Waals surface area contributed by atoms with Crippen molar-refractivity contribution in [2.75, 3.05) is 13.6 Å². The van der Waals surface area contributed by atoms with Crippen LogP contribution in [0.2, 0.25) is 5.02 Å². The van der Waals surface area contributed by atoms with E-state index in [2.05, 4.69) is 4.98 Å². The van der Waals surface area contributed by atoms with Crippen molar-refractivity contribution in [3.8, 4) is 11.5 Å². The molecule has 1 amide bonds. The third-order valence-electron chi connectivity index (χ3n) is 3.38. The molecule has 6 heteroatoms. The standard InChI is InChI=1S/C16H18ClN3O2/c1-11(10-18)20(2)16(21)12-3-4-15(14(17)9-12)22-13-5-7-19-8-6-13/h3-9,11H,10,18H2,1-2H3. The molecule has 0 aliphatic rings. The molecule has 0 fully saturated rings. The molecule has 0 saturated carbocycles. The Labute approximate surface area is 134 Å². The summed E-state index contributed by atoms with van der Waals surface area (Å²) < 4.78 is 5.66. The average Bonchev–Trinajstić information content (AvgIpc) is 2.55. The number of amides is 1. The van der Waals surface area contributed by atoms with Gasteiger partial charge in [-0.25, -0.2) is 0 Å². The maximum Gasteiger partial charge on any atom is 0.253 e. The van der Waals surface area contributed by atoms with Crippen LogP contribution >= 0.6 is 11.6 Å². The van der Waals surface area contributed by atoms with Gasteiger partial charge in [-0.1, -0.05) is 11.6 Å². The van der Waals surface area contributed by atoms with Crippen molar-refractivity contribution in [2.45, 2.75) is 13.0 Å². The van der Waals surface area contributed by atoms with E-state index in [1.807, 2.05) is 6.92 Å². The molecule has 5 nitrogen and oxygen atoms in total. The van der Waals surface area contributed by atoms with Gasteiger partial charge in [0.15, 0.2) is 0 Å². The topological polar surface area (TPSA) is 68.5 Å². The van der Waals surface area contributed by atoms with E-state index in [-0.39, 0.29) is 11.9 Å². The summed E-state index contributed by atoms with van der Waals surface area (Å²) in [6.45, 7) is 2.29. The molecule has 22 heavy (non-hydrogen) atoms. The van der Waals surface area contributed by atoms with E-state index in [1.165, 1.54) is 0 Å². The molecule has 0 radical (unpaired) electrons. The first-order valence-electron chi connectivity index (χ1n) is 6.87. The number of carbonyl (C=O) groups excluding carboxylic acids is 1. The van der Waals surface area contributed by atoms with Gasteiger partial charge in [-0.15, -0.1) is 0 Å². The van der Waals surface area contributed by atoms with Crippen LogP contribution in [-0.4, -0.2) is 35.4 Å². The van der Waals surface area contributed by atoms with Crippen molar-refractivity contribution in [1.29, 1.82) is 0 Å². The van der Waals surface area contributed by atoms with Crippen molar-refractivity contribution in [2.24, 2.45) is 5.73 Å². The van der Waals surface area contributed by atoms with Crippen LogP contribution in [0.3, 0.4) is 0 Å². The third-order valence-corrected chi connectivity index (χ3v) is 3.67. The number of rotatable bonds is 5. The molecule has 116 valence electrons. The second-order valence-corrected chi connectivity index (χ2v) is 5.34. The first-order chi connectivity index (χ1) is 10.5. The minimum absolute atomic E-state index is 0.0426. The van der Waals surface area contributed by atoms with Gasteiger partial charge in [0.05, 0.1) is 5.02 Å². The van der Waals surface area contributed by atoms with Gasteiger partial charge in [-0.2, -0.15) is 0 Å². The number of nitrogens with zero attached hydrogens (tertiary/aromatic N) is 2. The van der Waals surface area contributed by atoms with Crippen LogP contribution in [0, 0.1) is 0 Å². The van der Waals surface area contributed by atoms with Crippen molar-refractivity contribution in [3.63, 3.8) is 0 Å². The third kappa shape index (κ3) is 3.75. The second-order valence-electron chi connectivity index (χ2n) is 4.93. The molecule has 0 spiro atoms. The van der Waals surface area contributed by atoms with Gasteiger partial charge in [-0.3, -0.25) is 9.78 Å². The van der Waals surface area contributed by atoms with Crippen molar-refractivity contribution < 1.29 is 9.53 Å². The fraction of sp³-hybridized carbons (Fsp3) is 0.250. The second kappa shape index (κ2) is 7.24. The predicted octanol–water partition coefficient (Wildman–Crippen LogP) is 2.95. The van der Waals surface area contributed by atoms with Crippen LogP contribution in [0.1, 0.15) is 17.3 Å². The number of likely N-dealkylation sites (N-methyl/N-ethyl adjacent to an activating group) is 1. The lowest BCUT2D eigenvalue weighted by Gasteiger charge is -2.23. The molecule has 1 aromatic heterocycles. The van der Waals surface area contributed by atoms with Gasteiger partial charge in [0.25, 0.3) is 5.91 Å². The molecule has 1 aromatic carbocycles. The number of ether oxygens (including phenoxy) is 1. The van der Waals surface area contributed by atoms with Gasteiger partial charge in [0.1, 0.15) is 11.5 Å². The molecule has 0 bridgehead atoms. The number of hydrogen-bond acceptors (Lipinski definition) is 4. The number of hydrogen-bond donors (Lipinski definition) is 1. The van der Waals surface area contributed by atoms with E-state index in [4.69, 9.17) is 22.1 Å². The minimum atomic E-state index is -0.129. The molecule has 0 aliphatic carbocycles. The number of pyridine rings is 1. The maximum atomic E-state index is 12.3. The van der Waals surface area contributed by atoms with Gasteiger partial charge in [0, 0.05) is 37.6 Å². The maximum absolute atomic E-state index is 12.3. The summed E-state index contributed by atoms with van der Waals surface area (Å²) in [4.78, 5) is 17.8. The fourth-order valence-corrected chi connectivity index (χ4v) is 2.03. The van der Waals surface area contributed by atoms with Gasteiger partial charge < -0.3 is 15.4 Å². The van der Waals surface area contributed by atoms with Crippen molar-refractivity contribution >= 4 is 17.5 Å². The molecular formula is C16H18ClN3O2. The summed E-state index contributed by atoms with van der Waals surface area (Å²) in [6, 6.07) is 8.37. The quantitative estimate of drug-likeness (QED) is 0.920. The molecule has 2 aromatic rings. The smallest absolute Gasteiger partial charge is 0.253 e. The Morgan fingerprint density at radius 2 is 2.05 bits per heavy atom. The Morgan fingerprint density at radius 1 is 1.36 bits per heavy atom. The Balaban J connectivity index is 2.17. The number of benzene rings is 1. The van der Waals surface area contributed by atoms with Gasteiger partial charge in [-0.05, 0) is 37.3 Å². The zero-order valence-electron chi connectivity index (χ0n) is 12.5. The van der Waals surface area contributed by atoms with Crippen LogP contribution < -0.4 is 10.5 Å². The Kier molecular flexibility index (Phi) is 5.35. The summed E-state index contributed by atoms with van der Waals surface area (Å²) in [5, 5.41) is 0.372. The lowest BCUT2D eigenvalue weighted by Crippen LogP contribution is -2.39. The highest BCUT2D eigenvalue weighted by Crippen LogP contribution is 2.30. The van der Waals surface area contributed by atoms with E-state index in [9.17, 15) is 4.79 Å². The summed E-state index contributed by atoms with van der Waals surface area (Å²) >= 11 is 6.21. The molecule has 0 aliphatic heterocycles. The summed E-state index contributed by atoms with van der Waals surface area (Å²) in [6.07, 6.45) is 3.26. The van der Waals surface area contributed by atoms with E-state index in [0.29, 0.717) is 28.6 Å². The van der Waals surface area contributed by atoms with Crippen LogP contribution in [0.15, 0.2) is 42.7 Å². The number of halogens is 1. The molecule has 1 heterocycles. The largest absolute Gasteiger partial charge is 0.456 e. The monoisotopic (exact) mass is 319 g/mol. The number of nitrogens with two attached hydrogens (primary N) is 1. The first kappa shape index (κ1) is 16.3. The highest BCUT2D eigenvalue weighted by Gasteiger charge is 2.17. The van der Waals surface area contributed by atoms with Gasteiger partial charge in [0.2, 0.25) is 0 Å². The van der Waals surface area contributed by atoms with Crippen LogP contribution in [0.25, 0.3) is 0 Å². The Bertz CT molecular complexity index is 649. The molecular weight excluding hydrogens is 302 g/mol. The highest BCUT2D eigenvalue weighted by atomic mass is 35.5. The summed E-state index contributed by atoms with van der Waals surface area (Å²) in [5.74, 6) is 0.985. The normalized spacial score (nSPS) is 11.8. The molecule has 1 atom stereocenters. The number of carbonyl (C=O) groups is 1. The zero-order chi connectivity index (χ0) is 16.1. The lowest BCUT2D eigenvalue weighted by atomic mass is 10.1. The minimum Gasteiger partial charge on any atom is -0.456 e. The molecule has 1 unspecified atom stereocenters. The van der Waals surface area contributed by atoms with E-state index >= 15 is 0 Å². The SMILES string of the molecule is CC(CN)N(C)C(=O)c1ccc(Oc2ccncc2)c(Cl)c1. The Morgan fingerprint density at radius 3 is 2.64 bits per heavy atom. The van der Waals surface area contributed by atoms with Crippen LogP contribution in [0.5, 0.6) is 11.5 Å². The Hall–Kier alpha value is -2.11. The molecule has 0 saturated heterocycles. The predicted molar refractivity (Wildman–Crippen MR) is 86.4 cm³/mol. The lowest BCUT2D eigenvalue weighted by molar-refractivity contribution is 0.0748. The average molecular weight is 320 g/mol.